The summed E-state index contributed by atoms with van der Waals surface area (Å²) in [6.07, 6.45) is 1.45. The zero-order chi connectivity index (χ0) is 12.8. The molecule has 2 N–H and O–H groups in total. The summed E-state index contributed by atoms with van der Waals surface area (Å²) in [5.41, 5.74) is 0.161. The first-order valence-electron chi connectivity index (χ1n) is 5.17. The number of aliphatic hydroxyl groups is 1. The van der Waals surface area contributed by atoms with E-state index in [4.69, 9.17) is 10.2 Å². The molecule has 1 amide bonds. The number of carbonyl (C=O) groups is 2. The number of amides is 1. The quantitative estimate of drug-likeness (QED) is 0.752. The van der Waals surface area contributed by atoms with Crippen LogP contribution in [0.4, 0.5) is 0 Å². The van der Waals surface area contributed by atoms with E-state index in [2.05, 4.69) is 4.98 Å². The van der Waals surface area contributed by atoms with Crippen LogP contribution in [0.2, 0.25) is 0 Å². The normalized spacial score (nSPS) is 11.9. The zero-order valence-electron chi connectivity index (χ0n) is 9.41. The number of carboxylic acids is 1. The van der Waals surface area contributed by atoms with Crippen LogP contribution in [-0.2, 0) is 4.79 Å². The van der Waals surface area contributed by atoms with Crippen molar-refractivity contribution in [2.45, 2.75) is 13.0 Å². The molecule has 0 aliphatic carbocycles. The average Bonchev–Trinajstić information content (AvgIpc) is 2.35. The van der Waals surface area contributed by atoms with Gasteiger partial charge < -0.3 is 15.1 Å². The number of likely N-dealkylation sites (N-methyl/N-ethyl adjacent to an activating group) is 1. The lowest BCUT2D eigenvalue weighted by Gasteiger charge is -2.25. The van der Waals surface area contributed by atoms with Crippen molar-refractivity contribution in [2.24, 2.45) is 0 Å². The molecule has 0 aromatic carbocycles. The Hall–Kier alpha value is -1.95. The van der Waals surface area contributed by atoms with Crippen LogP contribution in [0.1, 0.15) is 17.4 Å². The summed E-state index contributed by atoms with van der Waals surface area (Å²) < 4.78 is 0. The minimum absolute atomic E-state index is 0.161. The Morgan fingerprint density at radius 2 is 2.18 bits per heavy atom. The van der Waals surface area contributed by atoms with Gasteiger partial charge in [0.25, 0.3) is 5.91 Å². The fourth-order valence-electron chi connectivity index (χ4n) is 1.45. The van der Waals surface area contributed by atoms with Gasteiger partial charge in [-0.15, -0.1) is 0 Å². The predicted octanol–water partition coefficient (Wildman–Crippen LogP) is -0.0108. The first-order chi connectivity index (χ1) is 8.11. The van der Waals surface area contributed by atoms with E-state index in [0.29, 0.717) is 0 Å². The molecule has 1 aromatic heterocycles. The van der Waals surface area contributed by atoms with Gasteiger partial charge in [-0.05, 0) is 19.1 Å². The second-order valence-electron chi connectivity index (χ2n) is 3.34. The van der Waals surface area contributed by atoms with Crippen molar-refractivity contribution in [2.75, 3.05) is 13.2 Å². The fourth-order valence-corrected chi connectivity index (χ4v) is 1.45. The molecule has 1 aromatic rings. The summed E-state index contributed by atoms with van der Waals surface area (Å²) in [6.45, 7) is 1.21. The molecule has 0 bridgehead atoms. The average molecular weight is 238 g/mol. The smallest absolute Gasteiger partial charge is 0.328 e. The number of rotatable bonds is 5. The van der Waals surface area contributed by atoms with E-state index in [1.165, 1.54) is 12.3 Å². The highest BCUT2D eigenvalue weighted by Gasteiger charge is 2.28. The topological polar surface area (TPSA) is 90.7 Å². The van der Waals surface area contributed by atoms with Crippen molar-refractivity contribution in [1.82, 2.24) is 9.88 Å². The number of aliphatic carboxylic acids is 1. The fraction of sp³-hybridized carbons (Fsp3) is 0.364. The summed E-state index contributed by atoms with van der Waals surface area (Å²) in [4.78, 5) is 27.8. The van der Waals surface area contributed by atoms with Crippen LogP contribution in [0.25, 0.3) is 0 Å². The summed E-state index contributed by atoms with van der Waals surface area (Å²) in [5.74, 6) is -1.74. The summed E-state index contributed by atoms with van der Waals surface area (Å²) in [7, 11) is 0. The third-order valence-electron chi connectivity index (χ3n) is 2.32. The number of aromatic nitrogens is 1. The van der Waals surface area contributed by atoms with E-state index in [1.54, 1.807) is 19.1 Å². The summed E-state index contributed by atoms with van der Waals surface area (Å²) in [5, 5.41) is 17.9. The molecule has 1 unspecified atom stereocenters. The zero-order valence-corrected chi connectivity index (χ0v) is 9.41. The molecule has 0 aliphatic rings. The first kappa shape index (κ1) is 13.1. The van der Waals surface area contributed by atoms with Crippen molar-refractivity contribution in [3.05, 3.63) is 30.1 Å². The highest BCUT2D eigenvalue weighted by atomic mass is 16.4. The summed E-state index contributed by atoms with van der Waals surface area (Å²) in [6, 6.07) is 3.56. The van der Waals surface area contributed by atoms with Crippen molar-refractivity contribution in [3.8, 4) is 0 Å². The molecule has 1 rings (SSSR count). The minimum atomic E-state index is -1.24. The van der Waals surface area contributed by atoms with Crippen molar-refractivity contribution in [1.29, 1.82) is 0 Å². The van der Waals surface area contributed by atoms with Crippen LogP contribution in [0.15, 0.2) is 24.4 Å². The van der Waals surface area contributed by atoms with Gasteiger partial charge in [0.2, 0.25) is 0 Å². The largest absolute Gasteiger partial charge is 0.480 e. The molecule has 6 nitrogen and oxygen atoms in total. The van der Waals surface area contributed by atoms with Gasteiger partial charge >= 0.3 is 5.97 Å². The molecular formula is C11H14N2O4. The molecule has 0 fully saturated rings. The SMILES string of the molecule is CCN(C(=O)c1ccccn1)C(CO)C(=O)O. The Balaban J connectivity index is 2.95. The Morgan fingerprint density at radius 1 is 1.47 bits per heavy atom. The Morgan fingerprint density at radius 3 is 2.59 bits per heavy atom. The highest BCUT2D eigenvalue weighted by Crippen LogP contribution is 2.06. The van der Waals surface area contributed by atoms with E-state index < -0.39 is 24.5 Å². The van der Waals surface area contributed by atoms with E-state index in [0.717, 1.165) is 4.90 Å². The third kappa shape index (κ3) is 3.01. The van der Waals surface area contributed by atoms with E-state index in [9.17, 15) is 9.59 Å². The number of carboxylic acid groups (broad SMARTS) is 1. The molecule has 92 valence electrons. The van der Waals surface area contributed by atoms with Gasteiger partial charge in [0.15, 0.2) is 6.04 Å². The summed E-state index contributed by atoms with van der Waals surface area (Å²) >= 11 is 0. The molecule has 0 spiro atoms. The van der Waals surface area contributed by atoms with Crippen molar-refractivity contribution in [3.63, 3.8) is 0 Å². The maximum absolute atomic E-state index is 12.0. The number of hydrogen-bond donors (Lipinski definition) is 2. The molecule has 0 radical (unpaired) electrons. The van der Waals surface area contributed by atoms with Gasteiger partial charge in [0.05, 0.1) is 6.61 Å². The molecule has 0 aliphatic heterocycles. The molecule has 0 saturated carbocycles. The number of nitrogens with zero attached hydrogens (tertiary/aromatic N) is 2. The van der Waals surface area contributed by atoms with Gasteiger partial charge in [0, 0.05) is 12.7 Å². The van der Waals surface area contributed by atoms with Gasteiger partial charge in [-0.2, -0.15) is 0 Å². The lowest BCUT2D eigenvalue weighted by Crippen LogP contribution is -2.47. The third-order valence-corrected chi connectivity index (χ3v) is 2.32. The molecule has 0 saturated heterocycles. The van der Waals surface area contributed by atoms with Gasteiger partial charge in [-0.1, -0.05) is 6.07 Å². The van der Waals surface area contributed by atoms with Crippen LogP contribution in [0.5, 0.6) is 0 Å². The predicted molar refractivity (Wildman–Crippen MR) is 59.5 cm³/mol. The molecular weight excluding hydrogens is 224 g/mol. The second-order valence-corrected chi connectivity index (χ2v) is 3.34. The Bertz CT molecular complexity index is 394. The second kappa shape index (κ2) is 5.95. The lowest BCUT2D eigenvalue weighted by atomic mass is 10.2. The number of aliphatic hydroxyl groups excluding tert-OH is 1. The van der Waals surface area contributed by atoms with Gasteiger partial charge in [-0.3, -0.25) is 9.78 Å². The standard InChI is InChI=1S/C11H14N2O4/c1-2-13(9(7-14)11(16)17)10(15)8-5-3-4-6-12-8/h3-6,9,14H,2,7H2,1H3,(H,16,17). The van der Waals surface area contributed by atoms with Crippen LogP contribution in [0.3, 0.4) is 0 Å². The van der Waals surface area contributed by atoms with E-state index >= 15 is 0 Å². The number of hydrogen-bond acceptors (Lipinski definition) is 4. The van der Waals surface area contributed by atoms with Crippen molar-refractivity contribution >= 4 is 11.9 Å². The van der Waals surface area contributed by atoms with Crippen LogP contribution < -0.4 is 0 Å². The Kier molecular flexibility index (Phi) is 4.59. The molecule has 1 atom stereocenters. The highest BCUT2D eigenvalue weighted by molar-refractivity contribution is 5.95. The maximum Gasteiger partial charge on any atom is 0.328 e. The molecule has 6 heteroatoms. The van der Waals surface area contributed by atoms with Crippen LogP contribution in [-0.4, -0.2) is 51.2 Å². The van der Waals surface area contributed by atoms with Gasteiger partial charge in [0.1, 0.15) is 5.69 Å². The van der Waals surface area contributed by atoms with E-state index in [-0.39, 0.29) is 12.2 Å². The Labute approximate surface area is 98.5 Å². The van der Waals surface area contributed by atoms with E-state index in [1.807, 2.05) is 0 Å². The number of carbonyl (C=O) groups excluding carboxylic acids is 1. The van der Waals surface area contributed by atoms with Gasteiger partial charge in [-0.25, -0.2) is 4.79 Å². The maximum atomic E-state index is 12.0. The van der Waals surface area contributed by atoms with Crippen LogP contribution >= 0.6 is 0 Å². The van der Waals surface area contributed by atoms with Crippen LogP contribution in [0, 0.1) is 0 Å². The van der Waals surface area contributed by atoms with Crippen molar-refractivity contribution < 1.29 is 19.8 Å². The lowest BCUT2D eigenvalue weighted by molar-refractivity contribution is -0.143. The number of pyridine rings is 1. The molecule has 1 heterocycles. The molecule has 17 heavy (non-hydrogen) atoms. The monoisotopic (exact) mass is 238 g/mol. The minimum Gasteiger partial charge on any atom is -0.480 e. The first-order valence-corrected chi connectivity index (χ1v) is 5.17.